The highest BCUT2D eigenvalue weighted by atomic mass is 35.5. The fourth-order valence-corrected chi connectivity index (χ4v) is 15.3. The molecule has 0 bridgehead atoms. The monoisotopic (exact) mass is 492 g/mol. The van der Waals surface area contributed by atoms with E-state index in [0.717, 1.165) is 15.9 Å². The highest BCUT2D eigenvalue weighted by molar-refractivity contribution is 7.87. The Kier molecular flexibility index (Phi) is 5.19. The summed E-state index contributed by atoms with van der Waals surface area (Å²) in [5, 5.41) is 8.33. The third-order valence-corrected chi connectivity index (χ3v) is 15.6. The number of fused-ring (bicyclic) bond motifs is 2. The van der Waals surface area contributed by atoms with Gasteiger partial charge in [-0.15, -0.1) is 0 Å². The van der Waals surface area contributed by atoms with Crippen molar-refractivity contribution in [1.29, 1.82) is 0 Å². The molecule has 0 amide bonds. The van der Waals surface area contributed by atoms with Crippen LogP contribution in [0.4, 0.5) is 0 Å². The molecule has 5 aromatic carbocycles. The summed E-state index contributed by atoms with van der Waals surface area (Å²) in [5.74, 6) is 0. The summed E-state index contributed by atoms with van der Waals surface area (Å²) in [6.07, 6.45) is 0. The van der Waals surface area contributed by atoms with Crippen molar-refractivity contribution in [3.63, 3.8) is 0 Å². The molecule has 0 saturated carbocycles. The summed E-state index contributed by atoms with van der Waals surface area (Å²) in [4.78, 5) is 0. The molecule has 1 aliphatic heterocycles. The van der Waals surface area contributed by atoms with Crippen LogP contribution in [0.2, 0.25) is 5.02 Å². The van der Waals surface area contributed by atoms with E-state index in [1.807, 2.05) is 36.4 Å². The molecule has 34 heavy (non-hydrogen) atoms. The lowest BCUT2D eigenvalue weighted by atomic mass is 10.3. The third kappa shape index (κ3) is 2.96. The number of rotatable bonds is 3. The molecular formula is C30H22ClOPSi. The number of benzene rings is 5. The van der Waals surface area contributed by atoms with Gasteiger partial charge in [0.25, 0.3) is 0 Å². The summed E-state index contributed by atoms with van der Waals surface area (Å²) in [6, 6.07) is 45.9. The van der Waals surface area contributed by atoms with Crippen molar-refractivity contribution in [2.75, 3.05) is 0 Å². The maximum atomic E-state index is 15.3. The van der Waals surface area contributed by atoms with Crippen LogP contribution < -0.4 is 36.7 Å². The molecule has 1 heterocycles. The first kappa shape index (κ1) is 21.4. The Morgan fingerprint density at radius 2 is 0.912 bits per heavy atom. The van der Waals surface area contributed by atoms with Gasteiger partial charge in [0, 0.05) is 20.9 Å². The molecule has 5 aromatic rings. The number of hydrogen-bond acceptors (Lipinski definition) is 1. The van der Waals surface area contributed by atoms with Crippen molar-refractivity contribution >= 4 is 63.5 Å². The Hall–Kier alpha value is -3.16. The van der Waals surface area contributed by atoms with E-state index in [1.54, 1.807) is 0 Å². The topological polar surface area (TPSA) is 17.1 Å². The Morgan fingerprint density at radius 3 is 1.38 bits per heavy atom. The van der Waals surface area contributed by atoms with Crippen LogP contribution in [0.15, 0.2) is 133 Å². The van der Waals surface area contributed by atoms with E-state index in [4.69, 9.17) is 11.6 Å². The predicted octanol–water partition coefficient (Wildman–Crippen LogP) is 3.67. The second-order valence-corrected chi connectivity index (χ2v) is 15.5. The quantitative estimate of drug-likeness (QED) is 0.272. The second-order valence-electron chi connectivity index (χ2n) is 8.60. The van der Waals surface area contributed by atoms with E-state index < -0.39 is 15.2 Å². The van der Waals surface area contributed by atoms with E-state index in [1.165, 1.54) is 20.7 Å². The molecule has 0 fully saturated rings. The van der Waals surface area contributed by atoms with Gasteiger partial charge >= 0.3 is 0 Å². The maximum absolute atomic E-state index is 15.3. The molecule has 164 valence electrons. The summed E-state index contributed by atoms with van der Waals surface area (Å²) in [6.45, 7) is 0. The van der Waals surface area contributed by atoms with Gasteiger partial charge in [0.05, 0.1) is 0 Å². The van der Waals surface area contributed by atoms with Crippen molar-refractivity contribution in [3.05, 3.63) is 138 Å². The van der Waals surface area contributed by atoms with Crippen LogP contribution in [0.25, 0.3) is 0 Å². The van der Waals surface area contributed by atoms with Crippen LogP contribution in [0.5, 0.6) is 0 Å². The van der Waals surface area contributed by atoms with Gasteiger partial charge in [0.15, 0.2) is 15.2 Å². The van der Waals surface area contributed by atoms with Crippen LogP contribution in [-0.4, -0.2) is 8.07 Å². The number of hydrogen-bond donors (Lipinski definition) is 0. The van der Waals surface area contributed by atoms with E-state index in [2.05, 4.69) is 97.1 Å². The standard InChI is InChI=1S/C30H22ClOPSi/c31-23-19-21-24(22-20-23)33(32)27-15-7-9-17-29(27)34(25-11-3-1-4-12-25,26-13-5-2-6-14-26)30-18-10-8-16-28(30)33/h1-22H. The fourth-order valence-electron chi connectivity index (χ4n) is 5.50. The van der Waals surface area contributed by atoms with Gasteiger partial charge in [-0.05, 0) is 45.0 Å². The van der Waals surface area contributed by atoms with E-state index in [-0.39, 0.29) is 0 Å². The summed E-state index contributed by atoms with van der Waals surface area (Å²) in [5.41, 5.74) is 0. The zero-order chi connectivity index (χ0) is 23.2. The SMILES string of the molecule is O=P1(c2ccc(Cl)cc2)c2ccccc2[Si](c2ccccc2)(c2ccccc2)c2ccccc21. The van der Waals surface area contributed by atoms with E-state index >= 15 is 4.57 Å². The first-order valence-corrected chi connectivity index (χ1v) is 15.4. The molecule has 0 saturated heterocycles. The molecule has 0 spiro atoms. The first-order valence-electron chi connectivity index (χ1n) is 11.3. The van der Waals surface area contributed by atoms with Crippen molar-refractivity contribution in [2.45, 2.75) is 0 Å². The average molecular weight is 493 g/mol. The van der Waals surface area contributed by atoms with Gasteiger partial charge < -0.3 is 4.57 Å². The van der Waals surface area contributed by atoms with Crippen molar-refractivity contribution in [3.8, 4) is 0 Å². The molecule has 6 rings (SSSR count). The van der Waals surface area contributed by atoms with Crippen molar-refractivity contribution in [2.24, 2.45) is 0 Å². The molecule has 1 nitrogen and oxygen atoms in total. The Labute approximate surface area is 206 Å². The van der Waals surface area contributed by atoms with Gasteiger partial charge in [-0.3, -0.25) is 0 Å². The van der Waals surface area contributed by atoms with Crippen LogP contribution >= 0.6 is 18.7 Å². The van der Waals surface area contributed by atoms with Gasteiger partial charge in [-0.2, -0.15) is 0 Å². The minimum Gasteiger partial charge on any atom is -0.309 e. The van der Waals surface area contributed by atoms with Gasteiger partial charge in [-0.25, -0.2) is 0 Å². The first-order chi connectivity index (χ1) is 16.7. The van der Waals surface area contributed by atoms with Gasteiger partial charge in [0.1, 0.15) is 0 Å². The summed E-state index contributed by atoms with van der Waals surface area (Å²) < 4.78 is 15.3. The third-order valence-electron chi connectivity index (χ3n) is 6.90. The average Bonchev–Trinajstić information content (AvgIpc) is 2.91. The number of halogens is 1. The predicted molar refractivity (Wildman–Crippen MR) is 148 cm³/mol. The van der Waals surface area contributed by atoms with Gasteiger partial charge in [-0.1, -0.05) is 121 Å². The van der Waals surface area contributed by atoms with E-state index in [0.29, 0.717) is 5.02 Å². The maximum Gasteiger partial charge on any atom is 0.181 e. The molecule has 0 atom stereocenters. The molecule has 0 N–H and O–H groups in total. The molecule has 4 heteroatoms. The Morgan fingerprint density at radius 1 is 0.500 bits per heavy atom. The molecule has 0 radical (unpaired) electrons. The lowest BCUT2D eigenvalue weighted by Gasteiger charge is -2.43. The smallest absolute Gasteiger partial charge is 0.181 e. The normalized spacial score (nSPS) is 15.2. The fraction of sp³-hybridized carbons (Fsp3) is 0. The zero-order valence-electron chi connectivity index (χ0n) is 18.4. The lowest BCUT2D eigenvalue weighted by Crippen LogP contribution is -2.81. The highest BCUT2D eigenvalue weighted by Crippen LogP contribution is 2.44. The lowest BCUT2D eigenvalue weighted by molar-refractivity contribution is 0.592. The zero-order valence-corrected chi connectivity index (χ0v) is 21.1. The highest BCUT2D eigenvalue weighted by Gasteiger charge is 2.52. The Bertz CT molecular complexity index is 1440. The molecule has 1 aliphatic rings. The van der Waals surface area contributed by atoms with Crippen LogP contribution in [0.3, 0.4) is 0 Å². The minimum absolute atomic E-state index is 0.645. The van der Waals surface area contributed by atoms with Crippen LogP contribution in [-0.2, 0) is 4.57 Å². The molecular weight excluding hydrogens is 471 g/mol. The minimum atomic E-state index is -3.11. The van der Waals surface area contributed by atoms with Crippen LogP contribution in [0.1, 0.15) is 0 Å². The summed E-state index contributed by atoms with van der Waals surface area (Å²) >= 11 is 6.22. The van der Waals surface area contributed by atoms with Crippen molar-refractivity contribution < 1.29 is 4.57 Å². The van der Waals surface area contributed by atoms with Crippen LogP contribution in [0, 0.1) is 0 Å². The molecule has 0 unspecified atom stereocenters. The molecule has 0 aliphatic carbocycles. The van der Waals surface area contributed by atoms with E-state index in [9.17, 15) is 0 Å². The van der Waals surface area contributed by atoms with Gasteiger partial charge in [0.2, 0.25) is 0 Å². The Balaban J connectivity index is 1.81. The van der Waals surface area contributed by atoms with Crippen molar-refractivity contribution in [1.82, 2.24) is 0 Å². The largest absolute Gasteiger partial charge is 0.309 e. The summed E-state index contributed by atoms with van der Waals surface area (Å²) in [7, 11) is -5.82. The molecule has 0 aromatic heterocycles. The second kappa shape index (κ2) is 8.25.